The molecule has 2 amide bonds. The molecule has 0 radical (unpaired) electrons. The van der Waals surface area contributed by atoms with Crippen LogP contribution >= 0.6 is 0 Å². The summed E-state index contributed by atoms with van der Waals surface area (Å²) >= 11 is 0. The number of likely N-dealkylation sites (tertiary alicyclic amines) is 1. The lowest BCUT2D eigenvalue weighted by Crippen LogP contribution is -2.40. The minimum atomic E-state index is 0.105. The summed E-state index contributed by atoms with van der Waals surface area (Å²) in [4.78, 5) is 16.5. The molecule has 1 aromatic rings. The first-order valence-corrected chi connectivity index (χ1v) is 8.71. The highest BCUT2D eigenvalue weighted by Crippen LogP contribution is 2.34. The third-order valence-corrected chi connectivity index (χ3v) is 4.81. The number of carbonyl (C=O) groups excluding carboxylic acids is 1. The third-order valence-electron chi connectivity index (χ3n) is 4.81. The largest absolute Gasteiger partial charge is 0.494 e. The van der Waals surface area contributed by atoms with E-state index < -0.39 is 0 Å². The van der Waals surface area contributed by atoms with Crippen LogP contribution in [-0.2, 0) is 0 Å². The fourth-order valence-corrected chi connectivity index (χ4v) is 3.63. The first-order chi connectivity index (χ1) is 11.2. The second-order valence-electron chi connectivity index (χ2n) is 6.49. The molecule has 2 fully saturated rings. The molecular formula is C18H27N3O2. The maximum Gasteiger partial charge on any atom is 0.317 e. The maximum absolute atomic E-state index is 12.1. The highest BCUT2D eigenvalue weighted by atomic mass is 16.5. The molecule has 1 aromatic carbocycles. The normalized spacial score (nSPS) is 23.0. The second kappa shape index (κ2) is 7.11. The van der Waals surface area contributed by atoms with Crippen LogP contribution in [0.4, 0.5) is 10.5 Å². The Kier molecular flexibility index (Phi) is 4.94. The molecular weight excluding hydrogens is 290 g/mol. The van der Waals surface area contributed by atoms with Gasteiger partial charge in [0, 0.05) is 50.2 Å². The minimum absolute atomic E-state index is 0.105. The molecule has 1 N–H and O–H groups in total. The van der Waals surface area contributed by atoms with Crippen LogP contribution in [-0.4, -0.2) is 50.3 Å². The van der Waals surface area contributed by atoms with Crippen LogP contribution in [0.5, 0.6) is 5.75 Å². The van der Waals surface area contributed by atoms with Gasteiger partial charge >= 0.3 is 6.03 Å². The van der Waals surface area contributed by atoms with Gasteiger partial charge in [-0.25, -0.2) is 4.79 Å². The van der Waals surface area contributed by atoms with Gasteiger partial charge in [-0.3, -0.25) is 0 Å². The van der Waals surface area contributed by atoms with Crippen LogP contribution in [0.1, 0.15) is 20.3 Å². The molecule has 2 aliphatic rings. The average Bonchev–Trinajstić information content (AvgIpc) is 3.12. The minimum Gasteiger partial charge on any atom is -0.494 e. The fraction of sp³-hybridized carbons (Fsp3) is 0.611. The van der Waals surface area contributed by atoms with Crippen LogP contribution in [0.2, 0.25) is 0 Å². The molecule has 23 heavy (non-hydrogen) atoms. The Labute approximate surface area is 138 Å². The summed E-state index contributed by atoms with van der Waals surface area (Å²) < 4.78 is 5.50. The topological polar surface area (TPSA) is 44.8 Å². The molecule has 2 heterocycles. The van der Waals surface area contributed by atoms with Crippen molar-refractivity contribution in [2.75, 3.05) is 44.2 Å². The van der Waals surface area contributed by atoms with Gasteiger partial charge in [0.05, 0.1) is 6.61 Å². The highest BCUT2D eigenvalue weighted by Gasteiger charge is 2.41. The number of anilines is 1. The van der Waals surface area contributed by atoms with Crippen molar-refractivity contribution in [1.29, 1.82) is 0 Å². The lowest BCUT2D eigenvalue weighted by molar-refractivity contribution is 0.206. The van der Waals surface area contributed by atoms with Crippen molar-refractivity contribution in [3.05, 3.63) is 24.3 Å². The van der Waals surface area contributed by atoms with Crippen molar-refractivity contribution in [1.82, 2.24) is 10.2 Å². The number of fused-ring (bicyclic) bond motifs is 1. The van der Waals surface area contributed by atoms with Crippen molar-refractivity contribution in [2.45, 2.75) is 20.3 Å². The van der Waals surface area contributed by atoms with E-state index in [1.807, 2.05) is 24.0 Å². The Morgan fingerprint density at radius 2 is 1.78 bits per heavy atom. The van der Waals surface area contributed by atoms with Gasteiger partial charge in [0.1, 0.15) is 5.75 Å². The molecule has 0 saturated carbocycles. The number of ether oxygens (including phenoxy) is 1. The molecule has 0 aromatic heterocycles. The summed E-state index contributed by atoms with van der Waals surface area (Å²) in [7, 11) is 0. The number of nitrogens with zero attached hydrogens (tertiary/aromatic N) is 2. The lowest BCUT2D eigenvalue weighted by Gasteiger charge is -2.23. The first-order valence-electron chi connectivity index (χ1n) is 8.71. The van der Waals surface area contributed by atoms with E-state index >= 15 is 0 Å². The zero-order valence-electron chi connectivity index (χ0n) is 14.1. The summed E-state index contributed by atoms with van der Waals surface area (Å²) in [6, 6.07) is 8.46. The van der Waals surface area contributed by atoms with Crippen LogP contribution in [0, 0.1) is 11.8 Å². The Morgan fingerprint density at radius 1 is 1.13 bits per heavy atom. The Balaban J connectivity index is 1.54. The van der Waals surface area contributed by atoms with Gasteiger partial charge in [0.25, 0.3) is 0 Å². The number of amides is 2. The van der Waals surface area contributed by atoms with Crippen molar-refractivity contribution < 1.29 is 9.53 Å². The molecule has 5 heteroatoms. The number of rotatable bonds is 5. The van der Waals surface area contributed by atoms with Crippen LogP contribution < -0.4 is 15.0 Å². The molecule has 2 aliphatic heterocycles. The Morgan fingerprint density at radius 3 is 2.35 bits per heavy atom. The second-order valence-corrected chi connectivity index (χ2v) is 6.49. The van der Waals surface area contributed by atoms with E-state index in [0.29, 0.717) is 18.4 Å². The van der Waals surface area contributed by atoms with E-state index in [4.69, 9.17) is 4.74 Å². The van der Waals surface area contributed by atoms with Gasteiger partial charge in [0.15, 0.2) is 0 Å². The van der Waals surface area contributed by atoms with Gasteiger partial charge in [-0.1, -0.05) is 6.92 Å². The molecule has 2 saturated heterocycles. The summed E-state index contributed by atoms with van der Waals surface area (Å²) in [6.45, 7) is 9.38. The molecule has 0 spiro atoms. The number of urea groups is 1. The van der Waals surface area contributed by atoms with E-state index in [1.165, 1.54) is 5.69 Å². The molecule has 126 valence electrons. The van der Waals surface area contributed by atoms with Gasteiger partial charge in [-0.05, 0) is 37.6 Å². The Hall–Kier alpha value is -1.91. The third kappa shape index (κ3) is 3.54. The summed E-state index contributed by atoms with van der Waals surface area (Å²) in [5, 5.41) is 2.98. The van der Waals surface area contributed by atoms with Crippen LogP contribution in [0.3, 0.4) is 0 Å². The van der Waals surface area contributed by atoms with Crippen LogP contribution in [0.15, 0.2) is 24.3 Å². The fourth-order valence-electron chi connectivity index (χ4n) is 3.63. The predicted molar refractivity (Wildman–Crippen MR) is 92.1 cm³/mol. The summed E-state index contributed by atoms with van der Waals surface area (Å²) in [5.74, 6) is 2.11. The highest BCUT2D eigenvalue weighted by molar-refractivity contribution is 5.74. The van der Waals surface area contributed by atoms with Crippen LogP contribution in [0.25, 0.3) is 0 Å². The van der Waals surface area contributed by atoms with Gasteiger partial charge < -0.3 is 19.9 Å². The predicted octanol–water partition coefficient (Wildman–Crippen LogP) is 2.57. The number of hydrogen-bond acceptors (Lipinski definition) is 3. The van der Waals surface area contributed by atoms with Gasteiger partial charge in [-0.2, -0.15) is 0 Å². The van der Waals surface area contributed by atoms with Crippen molar-refractivity contribution in [3.63, 3.8) is 0 Å². The number of carbonyl (C=O) groups is 1. The zero-order chi connectivity index (χ0) is 16.2. The molecule has 5 nitrogen and oxygen atoms in total. The SMILES string of the molecule is CCCNC(=O)N1C[C@@H]2CN(c3ccc(OCC)cc3)C[C@@H]2C1. The monoisotopic (exact) mass is 317 g/mol. The van der Waals surface area contributed by atoms with Gasteiger partial charge in [0.2, 0.25) is 0 Å². The van der Waals surface area contributed by atoms with Gasteiger partial charge in [-0.15, -0.1) is 0 Å². The molecule has 0 bridgehead atoms. The quantitative estimate of drug-likeness (QED) is 0.908. The molecule has 0 aliphatic carbocycles. The molecule has 0 unspecified atom stereocenters. The smallest absolute Gasteiger partial charge is 0.317 e. The number of nitrogens with one attached hydrogen (secondary N) is 1. The van der Waals surface area contributed by atoms with E-state index in [0.717, 1.165) is 44.9 Å². The van der Waals surface area contributed by atoms with E-state index in [1.54, 1.807) is 0 Å². The standard InChI is InChI=1S/C18H27N3O2/c1-3-9-19-18(22)21-12-14-10-20(11-15(14)13-21)16-5-7-17(8-6-16)23-4-2/h5-8,14-15H,3-4,9-13H2,1-2H3,(H,19,22)/t14-,15+. The van der Waals surface area contributed by atoms with Crippen molar-refractivity contribution >= 4 is 11.7 Å². The number of benzene rings is 1. The van der Waals surface area contributed by atoms with Crippen molar-refractivity contribution in [3.8, 4) is 5.75 Å². The van der Waals surface area contributed by atoms with E-state index in [9.17, 15) is 4.79 Å². The van der Waals surface area contributed by atoms with Crippen molar-refractivity contribution in [2.24, 2.45) is 11.8 Å². The zero-order valence-corrected chi connectivity index (χ0v) is 14.1. The first kappa shape index (κ1) is 16.0. The molecule has 2 atom stereocenters. The molecule has 3 rings (SSSR count). The van der Waals surface area contributed by atoms with E-state index in [-0.39, 0.29) is 6.03 Å². The summed E-state index contributed by atoms with van der Waals surface area (Å²) in [6.07, 6.45) is 0.984. The maximum atomic E-state index is 12.1. The average molecular weight is 317 g/mol. The Bertz CT molecular complexity index is 518. The number of hydrogen-bond donors (Lipinski definition) is 1. The van der Waals surface area contributed by atoms with E-state index in [2.05, 4.69) is 29.3 Å². The summed E-state index contributed by atoms with van der Waals surface area (Å²) in [5.41, 5.74) is 1.25. The lowest BCUT2D eigenvalue weighted by atomic mass is 10.0.